The SMILES string of the molecule is O=C(c1cccnc1)N1N=C(C(F)F)C[C@]1(O)C(F)F. The van der Waals surface area contributed by atoms with Crippen LogP contribution >= 0.6 is 0 Å². The van der Waals surface area contributed by atoms with Gasteiger partial charge in [0.1, 0.15) is 5.71 Å². The molecule has 0 unspecified atom stereocenters. The lowest BCUT2D eigenvalue weighted by Gasteiger charge is -2.29. The van der Waals surface area contributed by atoms with E-state index in [1.54, 1.807) is 0 Å². The highest BCUT2D eigenvalue weighted by molar-refractivity contribution is 5.98. The van der Waals surface area contributed by atoms with Crippen LogP contribution in [0.2, 0.25) is 0 Å². The summed E-state index contributed by atoms with van der Waals surface area (Å²) in [6.07, 6.45) is -5.28. The third-order valence-electron chi connectivity index (χ3n) is 2.74. The van der Waals surface area contributed by atoms with Crippen LogP contribution in [0.15, 0.2) is 29.6 Å². The second kappa shape index (κ2) is 5.16. The van der Waals surface area contributed by atoms with E-state index in [2.05, 4.69) is 10.1 Å². The van der Waals surface area contributed by atoms with Crippen molar-refractivity contribution >= 4 is 11.6 Å². The van der Waals surface area contributed by atoms with Gasteiger partial charge in [-0.15, -0.1) is 0 Å². The smallest absolute Gasteiger partial charge is 0.287 e. The molecule has 1 aromatic rings. The standard InChI is InChI=1S/C11H9F4N3O2/c12-8(13)7-4-11(20,10(14)15)18(17-7)9(19)6-2-1-3-16-5-6/h1-3,5,8,10,20H,4H2/t11-/m0/s1. The Labute approximate surface area is 110 Å². The number of rotatable bonds is 3. The van der Waals surface area contributed by atoms with Gasteiger partial charge >= 0.3 is 0 Å². The number of hydrogen-bond donors (Lipinski definition) is 1. The van der Waals surface area contributed by atoms with Crippen LogP contribution in [0.5, 0.6) is 0 Å². The second-order valence-corrected chi connectivity index (χ2v) is 4.11. The Morgan fingerprint density at radius 2 is 2.10 bits per heavy atom. The molecule has 108 valence electrons. The zero-order chi connectivity index (χ0) is 14.9. The molecular formula is C11H9F4N3O2. The molecule has 1 amide bonds. The Bertz CT molecular complexity index is 538. The first kappa shape index (κ1) is 14.4. The molecule has 0 aliphatic carbocycles. The summed E-state index contributed by atoms with van der Waals surface area (Å²) in [5, 5.41) is 12.9. The van der Waals surface area contributed by atoms with Gasteiger partial charge in [0.2, 0.25) is 5.72 Å². The van der Waals surface area contributed by atoms with Crippen molar-refractivity contribution in [1.29, 1.82) is 0 Å². The summed E-state index contributed by atoms with van der Waals surface area (Å²) in [4.78, 5) is 15.6. The zero-order valence-corrected chi connectivity index (χ0v) is 9.88. The topological polar surface area (TPSA) is 65.8 Å². The van der Waals surface area contributed by atoms with E-state index >= 15 is 0 Å². The van der Waals surface area contributed by atoms with Gasteiger partial charge in [-0.2, -0.15) is 10.1 Å². The molecule has 0 saturated carbocycles. The number of pyridine rings is 1. The minimum absolute atomic E-state index is 0.00380. The maximum Gasteiger partial charge on any atom is 0.287 e. The number of alkyl halides is 4. The van der Waals surface area contributed by atoms with Gasteiger partial charge in [0, 0.05) is 18.8 Å². The number of hydrogen-bond acceptors (Lipinski definition) is 4. The van der Waals surface area contributed by atoms with E-state index in [9.17, 15) is 27.5 Å². The highest BCUT2D eigenvalue weighted by Crippen LogP contribution is 2.34. The van der Waals surface area contributed by atoms with Crippen molar-refractivity contribution in [2.75, 3.05) is 0 Å². The molecule has 0 spiro atoms. The Balaban J connectivity index is 2.38. The molecule has 1 aliphatic heterocycles. The summed E-state index contributed by atoms with van der Waals surface area (Å²) in [5.41, 5.74) is -4.19. The summed E-state index contributed by atoms with van der Waals surface area (Å²) in [6.45, 7) is 0. The van der Waals surface area contributed by atoms with E-state index in [4.69, 9.17) is 0 Å². The maximum atomic E-state index is 12.9. The van der Waals surface area contributed by atoms with Crippen molar-refractivity contribution in [1.82, 2.24) is 9.99 Å². The van der Waals surface area contributed by atoms with E-state index in [1.165, 1.54) is 18.3 Å². The fraction of sp³-hybridized carbons (Fsp3) is 0.364. The van der Waals surface area contributed by atoms with Crippen LogP contribution < -0.4 is 0 Å². The Morgan fingerprint density at radius 1 is 1.40 bits per heavy atom. The van der Waals surface area contributed by atoms with Gasteiger partial charge in [-0.25, -0.2) is 17.6 Å². The minimum Gasteiger partial charge on any atom is -0.364 e. The summed E-state index contributed by atoms with van der Waals surface area (Å²) in [6, 6.07) is 2.61. The molecule has 1 atom stereocenters. The number of halogens is 4. The van der Waals surface area contributed by atoms with Gasteiger partial charge in [-0.05, 0) is 12.1 Å². The zero-order valence-electron chi connectivity index (χ0n) is 9.88. The summed E-state index contributed by atoms with van der Waals surface area (Å²) in [5.74, 6) is -1.13. The maximum absolute atomic E-state index is 12.9. The van der Waals surface area contributed by atoms with E-state index in [1.807, 2.05) is 0 Å². The van der Waals surface area contributed by atoms with Crippen LogP contribution in [0.25, 0.3) is 0 Å². The van der Waals surface area contributed by atoms with E-state index in [-0.39, 0.29) is 10.6 Å². The lowest BCUT2D eigenvalue weighted by atomic mass is 10.1. The Morgan fingerprint density at radius 3 is 2.60 bits per heavy atom. The van der Waals surface area contributed by atoms with Crippen LogP contribution in [-0.4, -0.2) is 45.3 Å². The van der Waals surface area contributed by atoms with Gasteiger partial charge in [0.05, 0.1) is 5.56 Å². The first-order valence-electron chi connectivity index (χ1n) is 5.47. The number of carbonyl (C=O) groups excluding carboxylic acids is 1. The molecule has 2 heterocycles. The number of hydrazone groups is 1. The summed E-state index contributed by atoms with van der Waals surface area (Å²) in [7, 11) is 0. The summed E-state index contributed by atoms with van der Waals surface area (Å²) >= 11 is 0. The van der Waals surface area contributed by atoms with Gasteiger partial charge in [-0.1, -0.05) is 0 Å². The quantitative estimate of drug-likeness (QED) is 0.858. The largest absolute Gasteiger partial charge is 0.364 e. The average Bonchev–Trinajstić information content (AvgIpc) is 2.79. The number of carbonyl (C=O) groups is 1. The minimum atomic E-state index is -3.44. The van der Waals surface area contributed by atoms with Crippen molar-refractivity contribution in [2.24, 2.45) is 5.10 Å². The van der Waals surface area contributed by atoms with E-state index in [0.717, 1.165) is 6.20 Å². The molecule has 1 aliphatic rings. The molecule has 9 heteroatoms. The molecule has 0 aromatic carbocycles. The van der Waals surface area contributed by atoms with Crippen molar-refractivity contribution in [3.05, 3.63) is 30.1 Å². The molecule has 0 radical (unpaired) electrons. The van der Waals surface area contributed by atoms with Crippen molar-refractivity contribution in [3.8, 4) is 0 Å². The molecule has 2 rings (SSSR count). The predicted molar refractivity (Wildman–Crippen MR) is 59.4 cm³/mol. The lowest BCUT2D eigenvalue weighted by molar-refractivity contribution is -0.164. The van der Waals surface area contributed by atoms with Crippen molar-refractivity contribution in [2.45, 2.75) is 25.0 Å². The third kappa shape index (κ3) is 2.36. The first-order valence-corrected chi connectivity index (χ1v) is 5.47. The third-order valence-corrected chi connectivity index (χ3v) is 2.74. The average molecular weight is 291 g/mol. The Hall–Kier alpha value is -2.03. The number of amides is 1. The van der Waals surface area contributed by atoms with Gasteiger partial charge in [0.25, 0.3) is 18.8 Å². The van der Waals surface area contributed by atoms with Crippen molar-refractivity contribution in [3.63, 3.8) is 0 Å². The fourth-order valence-electron chi connectivity index (χ4n) is 1.72. The molecule has 20 heavy (non-hydrogen) atoms. The predicted octanol–water partition coefficient (Wildman–Crippen LogP) is 1.50. The molecule has 0 fully saturated rings. The van der Waals surface area contributed by atoms with Gasteiger partial charge in [0.15, 0.2) is 0 Å². The van der Waals surface area contributed by atoms with Crippen LogP contribution in [0.4, 0.5) is 17.6 Å². The van der Waals surface area contributed by atoms with Crippen molar-refractivity contribution < 1.29 is 27.5 Å². The monoisotopic (exact) mass is 291 g/mol. The number of nitrogens with zero attached hydrogens (tertiary/aromatic N) is 3. The highest BCUT2D eigenvalue weighted by atomic mass is 19.3. The van der Waals surface area contributed by atoms with E-state index in [0.29, 0.717) is 0 Å². The summed E-state index contributed by atoms with van der Waals surface area (Å²) < 4.78 is 50.9. The molecule has 1 aromatic heterocycles. The highest BCUT2D eigenvalue weighted by Gasteiger charge is 2.53. The number of aromatic nitrogens is 1. The van der Waals surface area contributed by atoms with Gasteiger partial charge in [-0.3, -0.25) is 9.78 Å². The van der Waals surface area contributed by atoms with Crippen LogP contribution in [0.1, 0.15) is 16.8 Å². The normalized spacial score (nSPS) is 22.6. The lowest BCUT2D eigenvalue weighted by Crippen LogP contribution is -2.51. The van der Waals surface area contributed by atoms with E-state index < -0.39 is 36.6 Å². The van der Waals surface area contributed by atoms with Gasteiger partial charge < -0.3 is 5.11 Å². The fourth-order valence-corrected chi connectivity index (χ4v) is 1.72. The molecule has 0 bridgehead atoms. The first-order chi connectivity index (χ1) is 9.36. The molecular weight excluding hydrogens is 282 g/mol. The van der Waals surface area contributed by atoms with Crippen LogP contribution in [0.3, 0.4) is 0 Å². The molecule has 1 N–H and O–H groups in total. The molecule has 5 nitrogen and oxygen atoms in total. The Kier molecular flexibility index (Phi) is 3.71. The second-order valence-electron chi connectivity index (χ2n) is 4.11. The van der Waals surface area contributed by atoms with Crippen LogP contribution in [0, 0.1) is 0 Å². The molecule has 0 saturated heterocycles. The van der Waals surface area contributed by atoms with Crippen LogP contribution in [-0.2, 0) is 0 Å². The number of aliphatic hydroxyl groups is 1.